The van der Waals surface area contributed by atoms with Crippen LogP contribution in [0.1, 0.15) is 5.56 Å². The maximum absolute atomic E-state index is 12.2. The summed E-state index contributed by atoms with van der Waals surface area (Å²) in [6.07, 6.45) is 4.13. The molecule has 0 spiro atoms. The molecule has 1 fully saturated rings. The van der Waals surface area contributed by atoms with Crippen LogP contribution in [0.3, 0.4) is 0 Å². The predicted octanol–water partition coefficient (Wildman–Crippen LogP) is 1.04. The molecule has 28 heavy (non-hydrogen) atoms. The van der Waals surface area contributed by atoms with Crippen molar-refractivity contribution in [3.63, 3.8) is 0 Å². The van der Waals surface area contributed by atoms with Gasteiger partial charge in [-0.25, -0.2) is 4.98 Å². The standard InChI is InChI=1S/C19H26N6O2.HI/c1-20-19(22-7-6-15-4-3-5-16(26)14-15)25-12-10-24(11-13-25)17-18(27)23(2)9-8-21-17;/h3-5,8-9,14,26H,6-7,10-13H2,1-2H3,(H,20,22);1H. The number of aryl methyl sites for hydroxylation is 1. The molecule has 1 aromatic carbocycles. The van der Waals surface area contributed by atoms with Gasteiger partial charge in [0.25, 0.3) is 5.56 Å². The van der Waals surface area contributed by atoms with Crippen LogP contribution in [0.5, 0.6) is 5.75 Å². The average molecular weight is 498 g/mol. The van der Waals surface area contributed by atoms with Crippen LogP contribution in [-0.2, 0) is 13.5 Å². The summed E-state index contributed by atoms with van der Waals surface area (Å²) in [5.41, 5.74) is 1.01. The second kappa shape index (κ2) is 10.3. The third-order valence-corrected chi connectivity index (χ3v) is 4.70. The number of piperazine rings is 1. The predicted molar refractivity (Wildman–Crippen MR) is 122 cm³/mol. The number of guanidine groups is 1. The summed E-state index contributed by atoms with van der Waals surface area (Å²) in [6, 6.07) is 7.29. The number of aromatic nitrogens is 2. The Morgan fingerprint density at radius 3 is 2.71 bits per heavy atom. The molecule has 0 amide bonds. The van der Waals surface area contributed by atoms with E-state index >= 15 is 0 Å². The zero-order valence-corrected chi connectivity index (χ0v) is 18.5. The van der Waals surface area contributed by atoms with Gasteiger partial charge >= 0.3 is 0 Å². The first-order chi connectivity index (χ1) is 13.1. The average Bonchev–Trinajstić information content (AvgIpc) is 2.68. The highest BCUT2D eigenvalue weighted by molar-refractivity contribution is 14.0. The van der Waals surface area contributed by atoms with E-state index in [1.807, 2.05) is 17.0 Å². The van der Waals surface area contributed by atoms with Crippen LogP contribution in [0, 0.1) is 0 Å². The number of phenols is 1. The van der Waals surface area contributed by atoms with E-state index in [9.17, 15) is 9.90 Å². The Hall–Kier alpha value is -2.30. The van der Waals surface area contributed by atoms with Gasteiger partial charge in [0.15, 0.2) is 11.8 Å². The number of hydrogen-bond acceptors (Lipinski definition) is 5. The molecule has 2 N–H and O–H groups in total. The second-order valence-electron chi connectivity index (χ2n) is 6.53. The first-order valence-electron chi connectivity index (χ1n) is 9.08. The lowest BCUT2D eigenvalue weighted by Crippen LogP contribution is -2.53. The van der Waals surface area contributed by atoms with Crippen LogP contribution in [0.25, 0.3) is 0 Å². The van der Waals surface area contributed by atoms with Gasteiger partial charge in [0.1, 0.15) is 5.75 Å². The van der Waals surface area contributed by atoms with Crippen molar-refractivity contribution in [2.45, 2.75) is 6.42 Å². The number of aromatic hydroxyl groups is 1. The van der Waals surface area contributed by atoms with Gasteiger partial charge in [-0.2, -0.15) is 0 Å². The first-order valence-corrected chi connectivity index (χ1v) is 9.08. The van der Waals surface area contributed by atoms with Crippen molar-refractivity contribution in [1.29, 1.82) is 0 Å². The smallest absolute Gasteiger partial charge is 0.293 e. The molecule has 1 aliphatic heterocycles. The quantitative estimate of drug-likeness (QED) is 0.373. The Balaban J connectivity index is 0.00000280. The molecule has 1 aliphatic rings. The fourth-order valence-electron chi connectivity index (χ4n) is 3.19. The number of benzene rings is 1. The van der Waals surface area contributed by atoms with Crippen molar-refractivity contribution in [2.75, 3.05) is 44.7 Å². The highest BCUT2D eigenvalue weighted by atomic mass is 127. The van der Waals surface area contributed by atoms with E-state index in [2.05, 4.69) is 20.2 Å². The third-order valence-electron chi connectivity index (χ3n) is 4.70. The Bertz CT molecular complexity index is 861. The summed E-state index contributed by atoms with van der Waals surface area (Å²) >= 11 is 0. The van der Waals surface area contributed by atoms with Crippen molar-refractivity contribution in [3.05, 3.63) is 52.6 Å². The zero-order chi connectivity index (χ0) is 19.2. The summed E-state index contributed by atoms with van der Waals surface area (Å²) in [7, 11) is 3.51. The molecule has 0 unspecified atom stereocenters. The van der Waals surface area contributed by atoms with Gasteiger partial charge in [0, 0.05) is 59.2 Å². The molecule has 2 heterocycles. The van der Waals surface area contributed by atoms with E-state index in [4.69, 9.17) is 0 Å². The Kier molecular flexibility index (Phi) is 8.09. The van der Waals surface area contributed by atoms with Crippen LogP contribution < -0.4 is 15.8 Å². The summed E-state index contributed by atoms with van der Waals surface area (Å²) < 4.78 is 1.55. The minimum absolute atomic E-state index is 0. The molecular formula is C19H27IN6O2. The van der Waals surface area contributed by atoms with Gasteiger partial charge < -0.3 is 24.8 Å². The Labute approximate surface area is 181 Å². The monoisotopic (exact) mass is 498 g/mol. The van der Waals surface area contributed by atoms with E-state index in [0.717, 1.165) is 50.7 Å². The molecule has 1 aromatic heterocycles. The van der Waals surface area contributed by atoms with E-state index in [1.165, 1.54) is 0 Å². The molecule has 0 saturated carbocycles. The summed E-state index contributed by atoms with van der Waals surface area (Å²) in [5.74, 6) is 1.64. The Morgan fingerprint density at radius 2 is 2.04 bits per heavy atom. The number of anilines is 1. The van der Waals surface area contributed by atoms with Gasteiger partial charge in [-0.3, -0.25) is 9.79 Å². The van der Waals surface area contributed by atoms with Crippen LogP contribution >= 0.6 is 24.0 Å². The van der Waals surface area contributed by atoms with Gasteiger partial charge in [0.2, 0.25) is 0 Å². The topological polar surface area (TPSA) is 86.0 Å². The number of nitrogens with zero attached hydrogens (tertiary/aromatic N) is 5. The number of hydrogen-bond donors (Lipinski definition) is 2. The van der Waals surface area contributed by atoms with Crippen molar-refractivity contribution in [2.24, 2.45) is 12.0 Å². The van der Waals surface area contributed by atoms with Gasteiger partial charge in [-0.05, 0) is 24.1 Å². The lowest BCUT2D eigenvalue weighted by atomic mass is 10.1. The molecule has 0 radical (unpaired) electrons. The van der Waals surface area contributed by atoms with E-state index < -0.39 is 0 Å². The highest BCUT2D eigenvalue weighted by Crippen LogP contribution is 2.11. The number of rotatable bonds is 4. The van der Waals surface area contributed by atoms with Crippen LogP contribution in [0.4, 0.5) is 5.82 Å². The van der Waals surface area contributed by atoms with Gasteiger partial charge in [-0.1, -0.05) is 12.1 Å². The maximum Gasteiger partial charge on any atom is 0.293 e. The molecule has 2 aromatic rings. The minimum Gasteiger partial charge on any atom is -0.508 e. The molecule has 152 valence electrons. The lowest BCUT2D eigenvalue weighted by Gasteiger charge is -2.36. The number of phenolic OH excluding ortho intramolecular Hbond substituents is 1. The normalized spacial score (nSPS) is 14.6. The van der Waals surface area contributed by atoms with E-state index in [0.29, 0.717) is 5.82 Å². The molecule has 0 bridgehead atoms. The molecule has 9 heteroatoms. The molecule has 0 atom stereocenters. The zero-order valence-electron chi connectivity index (χ0n) is 16.2. The van der Waals surface area contributed by atoms with Crippen molar-refractivity contribution >= 4 is 35.8 Å². The largest absolute Gasteiger partial charge is 0.508 e. The van der Waals surface area contributed by atoms with Gasteiger partial charge in [0.05, 0.1) is 0 Å². The molecule has 3 rings (SSSR count). The SMILES string of the molecule is CN=C(NCCc1cccc(O)c1)N1CCN(c2nccn(C)c2=O)CC1.I. The second-order valence-corrected chi connectivity index (χ2v) is 6.53. The van der Waals surface area contributed by atoms with Crippen molar-refractivity contribution < 1.29 is 5.11 Å². The Morgan fingerprint density at radius 1 is 1.29 bits per heavy atom. The summed E-state index contributed by atoms with van der Waals surface area (Å²) in [4.78, 5) is 25.1. The van der Waals surface area contributed by atoms with E-state index in [-0.39, 0.29) is 35.3 Å². The first kappa shape index (κ1) is 22.0. The molecule has 0 aliphatic carbocycles. The number of halogens is 1. The maximum atomic E-state index is 12.2. The van der Waals surface area contributed by atoms with Gasteiger partial charge in [-0.15, -0.1) is 24.0 Å². The van der Waals surface area contributed by atoms with Crippen molar-refractivity contribution in [3.8, 4) is 5.75 Å². The lowest BCUT2D eigenvalue weighted by molar-refractivity contribution is 0.371. The van der Waals surface area contributed by atoms with Crippen LogP contribution in [0.2, 0.25) is 0 Å². The minimum atomic E-state index is -0.0698. The summed E-state index contributed by atoms with van der Waals surface area (Å²) in [5, 5.41) is 12.9. The fourth-order valence-corrected chi connectivity index (χ4v) is 3.19. The van der Waals surface area contributed by atoms with Crippen LogP contribution in [-0.4, -0.2) is 65.3 Å². The fraction of sp³-hybridized carbons (Fsp3) is 0.421. The summed E-state index contributed by atoms with van der Waals surface area (Å²) in [6.45, 7) is 3.72. The van der Waals surface area contributed by atoms with Crippen LogP contribution in [0.15, 0.2) is 46.4 Å². The number of aliphatic imine (C=N–C) groups is 1. The highest BCUT2D eigenvalue weighted by Gasteiger charge is 2.22. The molecular weight excluding hydrogens is 471 g/mol. The third kappa shape index (κ3) is 5.37. The van der Waals surface area contributed by atoms with E-state index in [1.54, 1.807) is 43.2 Å². The number of nitrogens with one attached hydrogen (secondary N) is 1. The molecule has 1 saturated heterocycles. The van der Waals surface area contributed by atoms with Crippen molar-refractivity contribution in [1.82, 2.24) is 19.8 Å². The molecule has 8 nitrogen and oxygen atoms in total.